The summed E-state index contributed by atoms with van der Waals surface area (Å²) in [6, 6.07) is 14.2. The molecule has 10 heteroatoms. The second-order valence-corrected chi connectivity index (χ2v) is 12.0. The summed E-state index contributed by atoms with van der Waals surface area (Å²) in [6.45, 7) is 5.40. The molecule has 1 atom stereocenters. The van der Waals surface area contributed by atoms with Crippen molar-refractivity contribution in [2.45, 2.75) is 42.7 Å². The third-order valence-corrected chi connectivity index (χ3v) is 8.70. The van der Waals surface area contributed by atoms with Gasteiger partial charge in [0.2, 0.25) is 5.91 Å². The summed E-state index contributed by atoms with van der Waals surface area (Å²) in [5.74, 6) is 0.425. The average Bonchev–Trinajstić information content (AvgIpc) is 3.34. The maximum Gasteiger partial charge on any atom is 0.230 e. The number of nitrogens with one attached hydrogen (secondary N) is 2. The lowest BCUT2D eigenvalue weighted by molar-refractivity contribution is -0.119. The Balaban J connectivity index is 1.20. The number of piperidine rings is 1. The zero-order chi connectivity index (χ0) is 25.5. The van der Waals surface area contributed by atoms with Gasteiger partial charge in [-0.3, -0.25) is 9.69 Å². The van der Waals surface area contributed by atoms with Crippen LogP contribution in [-0.2, 0) is 11.3 Å². The monoisotopic (exact) mass is 563 g/mol. The molecule has 0 bridgehead atoms. The number of likely N-dealkylation sites (tertiary alicyclic amines) is 1. The van der Waals surface area contributed by atoms with Crippen LogP contribution >= 0.6 is 46.3 Å². The number of aromatic nitrogens is 1. The molecule has 1 aliphatic rings. The van der Waals surface area contributed by atoms with Gasteiger partial charge in [-0.2, -0.15) is 0 Å². The van der Waals surface area contributed by atoms with E-state index in [2.05, 4.69) is 21.6 Å². The first-order valence-electron chi connectivity index (χ1n) is 12.0. The largest absolute Gasteiger partial charge is 0.383 e. The van der Waals surface area contributed by atoms with Crippen LogP contribution in [0.5, 0.6) is 0 Å². The van der Waals surface area contributed by atoms with Gasteiger partial charge in [-0.15, -0.1) is 11.3 Å². The molecule has 0 saturated carbocycles. The van der Waals surface area contributed by atoms with Gasteiger partial charge in [-0.1, -0.05) is 53.2 Å². The van der Waals surface area contributed by atoms with Crippen LogP contribution in [0.25, 0.3) is 11.3 Å². The van der Waals surface area contributed by atoms with Gasteiger partial charge >= 0.3 is 0 Å². The molecule has 1 aliphatic heterocycles. The number of amides is 1. The predicted octanol–water partition coefficient (Wildman–Crippen LogP) is 5.75. The minimum Gasteiger partial charge on any atom is -0.383 e. The number of halogens is 2. The highest BCUT2D eigenvalue weighted by Crippen LogP contribution is 2.29. The Hall–Kier alpha value is -1.81. The Bertz CT molecular complexity index is 1160. The van der Waals surface area contributed by atoms with Crippen molar-refractivity contribution < 1.29 is 4.79 Å². The van der Waals surface area contributed by atoms with Crippen LogP contribution < -0.4 is 16.4 Å². The van der Waals surface area contributed by atoms with E-state index in [1.807, 2.05) is 48.7 Å². The van der Waals surface area contributed by atoms with Crippen molar-refractivity contribution in [2.75, 3.05) is 30.7 Å². The van der Waals surface area contributed by atoms with E-state index in [0.717, 1.165) is 59.3 Å². The van der Waals surface area contributed by atoms with Crippen molar-refractivity contribution >= 4 is 57.9 Å². The second-order valence-electron chi connectivity index (χ2n) is 9.09. The van der Waals surface area contributed by atoms with Crippen molar-refractivity contribution in [2.24, 2.45) is 5.73 Å². The lowest BCUT2D eigenvalue weighted by atomic mass is 10.0. The maximum absolute atomic E-state index is 12.6. The fraction of sp³-hybridized carbons (Fsp3) is 0.385. The summed E-state index contributed by atoms with van der Waals surface area (Å²) in [5, 5.41) is 9.73. The van der Waals surface area contributed by atoms with Crippen molar-refractivity contribution in [1.29, 1.82) is 0 Å². The van der Waals surface area contributed by atoms with E-state index in [1.54, 1.807) is 11.3 Å². The van der Waals surface area contributed by atoms with E-state index in [9.17, 15) is 4.79 Å². The SMILES string of the molecule is C[C@@H](N)CNc1cccc(-c2csc(SCC(=O)NC3CCN(Cc4ccc(Cl)c(Cl)c4)CC3)n2)c1. The first-order valence-corrected chi connectivity index (χ1v) is 14.6. The summed E-state index contributed by atoms with van der Waals surface area (Å²) in [5.41, 5.74) is 9.97. The standard InChI is InChI=1S/C26H31Cl2N5OS2/c1-17(29)13-30-21-4-2-3-19(12-21)24-15-35-26(32-24)36-16-25(34)31-20-7-9-33(10-8-20)14-18-5-6-22(27)23(28)11-18/h2-6,11-12,15,17,20,30H,7-10,13-14,16,29H2,1H3,(H,31,34)/t17-/m1/s1. The fourth-order valence-corrected chi connectivity index (χ4v) is 6.02. The van der Waals surface area contributed by atoms with Gasteiger partial charge in [0.05, 0.1) is 21.5 Å². The first kappa shape index (κ1) is 27.2. The van der Waals surface area contributed by atoms with E-state index in [-0.39, 0.29) is 18.0 Å². The van der Waals surface area contributed by atoms with E-state index in [4.69, 9.17) is 33.9 Å². The molecular formula is C26H31Cl2N5OS2. The molecule has 2 heterocycles. The van der Waals surface area contributed by atoms with E-state index < -0.39 is 0 Å². The lowest BCUT2D eigenvalue weighted by Crippen LogP contribution is -2.44. The Morgan fingerprint density at radius 3 is 2.78 bits per heavy atom. The molecule has 6 nitrogen and oxygen atoms in total. The number of carbonyl (C=O) groups excluding carboxylic acids is 1. The Morgan fingerprint density at radius 2 is 2.03 bits per heavy atom. The van der Waals surface area contributed by atoms with Gasteiger partial charge < -0.3 is 16.4 Å². The zero-order valence-electron chi connectivity index (χ0n) is 20.2. The van der Waals surface area contributed by atoms with Crippen molar-refractivity contribution in [3.8, 4) is 11.3 Å². The van der Waals surface area contributed by atoms with Crippen LogP contribution in [0.4, 0.5) is 5.69 Å². The van der Waals surface area contributed by atoms with Crippen LogP contribution in [0.1, 0.15) is 25.3 Å². The van der Waals surface area contributed by atoms with Crippen molar-refractivity contribution in [1.82, 2.24) is 15.2 Å². The predicted molar refractivity (Wildman–Crippen MR) is 153 cm³/mol. The Labute approximate surface area is 231 Å². The summed E-state index contributed by atoms with van der Waals surface area (Å²) < 4.78 is 0.894. The van der Waals surface area contributed by atoms with Gasteiger partial charge in [0, 0.05) is 54.9 Å². The summed E-state index contributed by atoms with van der Waals surface area (Å²) in [6.07, 6.45) is 1.87. The Kier molecular flexibility index (Phi) is 9.93. The number of hydrogen-bond acceptors (Lipinski definition) is 7. The molecular weight excluding hydrogens is 533 g/mol. The highest BCUT2D eigenvalue weighted by atomic mass is 35.5. The van der Waals surface area contributed by atoms with Gasteiger partial charge in [-0.05, 0) is 49.6 Å². The molecule has 4 N–H and O–H groups in total. The van der Waals surface area contributed by atoms with Gasteiger partial charge in [0.1, 0.15) is 0 Å². The molecule has 0 spiro atoms. The third-order valence-electron chi connectivity index (χ3n) is 5.94. The highest BCUT2D eigenvalue weighted by molar-refractivity contribution is 8.01. The number of nitrogens with zero attached hydrogens (tertiary/aromatic N) is 2. The summed E-state index contributed by atoms with van der Waals surface area (Å²) >= 11 is 15.2. The minimum absolute atomic E-state index is 0.0572. The lowest BCUT2D eigenvalue weighted by Gasteiger charge is -2.32. The topological polar surface area (TPSA) is 83.3 Å². The Morgan fingerprint density at radius 1 is 1.22 bits per heavy atom. The van der Waals surface area contributed by atoms with E-state index >= 15 is 0 Å². The molecule has 2 aromatic carbocycles. The number of hydrogen-bond donors (Lipinski definition) is 3. The molecule has 1 amide bonds. The normalized spacial score (nSPS) is 15.6. The second kappa shape index (κ2) is 13.1. The van der Waals surface area contributed by atoms with Gasteiger partial charge in [0.15, 0.2) is 4.34 Å². The molecule has 1 fully saturated rings. The number of carbonyl (C=O) groups is 1. The van der Waals surface area contributed by atoms with Gasteiger partial charge in [-0.25, -0.2) is 4.98 Å². The quantitative estimate of drug-likeness (QED) is 0.272. The molecule has 192 valence electrons. The third kappa shape index (κ3) is 8.10. The number of rotatable bonds is 10. The van der Waals surface area contributed by atoms with Crippen LogP contribution in [0.15, 0.2) is 52.2 Å². The van der Waals surface area contributed by atoms with Crippen LogP contribution in [0.2, 0.25) is 10.0 Å². The van der Waals surface area contributed by atoms with Crippen LogP contribution in [0.3, 0.4) is 0 Å². The molecule has 4 rings (SSSR count). The smallest absolute Gasteiger partial charge is 0.230 e. The number of nitrogens with two attached hydrogens (primary N) is 1. The molecule has 0 unspecified atom stereocenters. The molecule has 1 aromatic heterocycles. The van der Waals surface area contributed by atoms with Crippen LogP contribution in [-0.4, -0.2) is 53.3 Å². The number of anilines is 1. The van der Waals surface area contributed by atoms with Gasteiger partial charge in [0.25, 0.3) is 0 Å². The minimum atomic E-state index is 0.0572. The maximum atomic E-state index is 12.6. The fourth-order valence-electron chi connectivity index (χ4n) is 4.05. The first-order chi connectivity index (χ1) is 17.4. The van der Waals surface area contributed by atoms with E-state index in [0.29, 0.717) is 22.3 Å². The molecule has 0 radical (unpaired) electrons. The number of thiazole rings is 1. The van der Waals surface area contributed by atoms with E-state index in [1.165, 1.54) is 11.8 Å². The van der Waals surface area contributed by atoms with Crippen LogP contribution in [0, 0.1) is 0 Å². The number of benzene rings is 2. The molecule has 1 saturated heterocycles. The van der Waals surface area contributed by atoms with Crippen molar-refractivity contribution in [3.05, 3.63) is 63.5 Å². The van der Waals surface area contributed by atoms with Crippen molar-refractivity contribution in [3.63, 3.8) is 0 Å². The molecule has 0 aliphatic carbocycles. The average molecular weight is 565 g/mol. The number of thioether (sulfide) groups is 1. The highest BCUT2D eigenvalue weighted by Gasteiger charge is 2.21. The zero-order valence-corrected chi connectivity index (χ0v) is 23.3. The summed E-state index contributed by atoms with van der Waals surface area (Å²) in [4.78, 5) is 19.7. The molecule has 3 aromatic rings. The molecule has 36 heavy (non-hydrogen) atoms. The summed E-state index contributed by atoms with van der Waals surface area (Å²) in [7, 11) is 0.